The Morgan fingerprint density at radius 2 is 1.56 bits per heavy atom. The number of para-hydroxylation sites is 1. The summed E-state index contributed by atoms with van der Waals surface area (Å²) in [6, 6.07) is 15.2. The second-order valence-electron chi connectivity index (χ2n) is 6.43. The topological polar surface area (TPSA) is 71.1 Å². The number of rotatable bonds is 2. The molecule has 2 aliphatic heterocycles. The van der Waals surface area contributed by atoms with Crippen LogP contribution in [-0.4, -0.2) is 56.1 Å². The van der Waals surface area contributed by atoms with Crippen LogP contribution in [0.2, 0.25) is 0 Å². The fourth-order valence-electron chi connectivity index (χ4n) is 3.26. The zero-order valence-corrected chi connectivity index (χ0v) is 14.9. The molecule has 0 radical (unpaired) electrons. The molecule has 0 unspecified atom stereocenters. The van der Waals surface area contributed by atoms with E-state index in [4.69, 9.17) is 9.47 Å². The Balaban J connectivity index is 1.34. The Morgan fingerprint density at radius 1 is 0.852 bits per heavy atom. The van der Waals surface area contributed by atoms with Crippen LogP contribution in [0.25, 0.3) is 0 Å². The zero-order chi connectivity index (χ0) is 18.6. The summed E-state index contributed by atoms with van der Waals surface area (Å²) in [4.78, 5) is 28.6. The Morgan fingerprint density at radius 3 is 2.30 bits per heavy atom. The van der Waals surface area contributed by atoms with Crippen LogP contribution in [0.3, 0.4) is 0 Å². The molecule has 2 aromatic rings. The second kappa shape index (κ2) is 7.57. The van der Waals surface area contributed by atoms with Gasteiger partial charge in [0.15, 0.2) is 11.5 Å². The molecule has 2 amide bonds. The van der Waals surface area contributed by atoms with E-state index in [1.165, 1.54) is 0 Å². The van der Waals surface area contributed by atoms with Gasteiger partial charge < -0.3 is 24.6 Å². The van der Waals surface area contributed by atoms with Gasteiger partial charge in [0.1, 0.15) is 13.2 Å². The summed E-state index contributed by atoms with van der Waals surface area (Å²) >= 11 is 0. The zero-order valence-electron chi connectivity index (χ0n) is 14.9. The summed E-state index contributed by atoms with van der Waals surface area (Å²) in [6.45, 7) is 3.41. The second-order valence-corrected chi connectivity index (χ2v) is 6.43. The quantitative estimate of drug-likeness (QED) is 0.819. The van der Waals surface area contributed by atoms with Gasteiger partial charge in [0, 0.05) is 43.6 Å². The number of hydrogen-bond acceptors (Lipinski definition) is 5. The van der Waals surface area contributed by atoms with Gasteiger partial charge in [-0.05, 0) is 24.3 Å². The van der Waals surface area contributed by atoms with Crippen LogP contribution >= 0.6 is 0 Å². The summed E-state index contributed by atoms with van der Waals surface area (Å²) in [5, 5.41) is 2.65. The van der Waals surface area contributed by atoms with Crippen molar-refractivity contribution in [1.82, 2.24) is 4.90 Å². The number of piperazine rings is 1. The molecule has 1 saturated heterocycles. The lowest BCUT2D eigenvalue weighted by Crippen LogP contribution is -2.51. The van der Waals surface area contributed by atoms with Crippen molar-refractivity contribution in [2.45, 2.75) is 0 Å². The van der Waals surface area contributed by atoms with Crippen molar-refractivity contribution < 1.29 is 19.1 Å². The molecule has 0 aromatic heterocycles. The molecule has 2 aliphatic rings. The van der Waals surface area contributed by atoms with Crippen LogP contribution in [0.15, 0.2) is 48.5 Å². The Hall–Kier alpha value is -3.22. The van der Waals surface area contributed by atoms with Crippen LogP contribution in [0.1, 0.15) is 0 Å². The van der Waals surface area contributed by atoms with E-state index in [9.17, 15) is 9.59 Å². The van der Waals surface area contributed by atoms with E-state index in [1.807, 2.05) is 30.3 Å². The van der Waals surface area contributed by atoms with E-state index in [1.54, 1.807) is 23.1 Å². The molecule has 2 aromatic carbocycles. The first-order valence-electron chi connectivity index (χ1n) is 9.00. The van der Waals surface area contributed by atoms with Crippen LogP contribution in [0.5, 0.6) is 11.5 Å². The first-order chi connectivity index (χ1) is 13.2. The molecule has 0 saturated carbocycles. The maximum absolute atomic E-state index is 12.5. The summed E-state index contributed by atoms with van der Waals surface area (Å²) < 4.78 is 11.0. The number of benzene rings is 2. The molecule has 7 nitrogen and oxygen atoms in total. The molecular weight excluding hydrogens is 346 g/mol. The van der Waals surface area contributed by atoms with E-state index in [2.05, 4.69) is 10.2 Å². The Bertz CT molecular complexity index is 832. The van der Waals surface area contributed by atoms with Crippen LogP contribution in [0.4, 0.5) is 11.4 Å². The van der Waals surface area contributed by atoms with Gasteiger partial charge in [-0.1, -0.05) is 18.2 Å². The van der Waals surface area contributed by atoms with Gasteiger partial charge >= 0.3 is 11.8 Å². The van der Waals surface area contributed by atoms with Crippen LogP contribution < -0.4 is 19.7 Å². The first kappa shape index (κ1) is 17.2. The summed E-state index contributed by atoms with van der Waals surface area (Å²) in [7, 11) is 0. The standard InChI is InChI=1S/C20H21N3O4/c24-19(21-15-6-7-17-18(14-15)27-13-12-26-17)20(25)23-10-8-22(9-11-23)16-4-2-1-3-5-16/h1-7,14H,8-13H2,(H,21,24). The molecule has 27 heavy (non-hydrogen) atoms. The van der Waals surface area contributed by atoms with Gasteiger partial charge in [-0.25, -0.2) is 0 Å². The molecular formula is C20H21N3O4. The molecule has 0 aliphatic carbocycles. The number of nitrogens with one attached hydrogen (secondary N) is 1. The van der Waals surface area contributed by atoms with Crippen molar-refractivity contribution in [3.63, 3.8) is 0 Å². The summed E-state index contributed by atoms with van der Waals surface area (Å²) in [5.41, 5.74) is 1.64. The van der Waals surface area contributed by atoms with Crippen molar-refractivity contribution in [2.24, 2.45) is 0 Å². The predicted octanol–water partition coefficient (Wildman–Crippen LogP) is 1.75. The number of ether oxygens (including phenoxy) is 2. The third-order valence-electron chi connectivity index (χ3n) is 4.68. The molecule has 140 valence electrons. The van der Waals surface area contributed by atoms with Gasteiger partial charge in [0.2, 0.25) is 0 Å². The largest absolute Gasteiger partial charge is 0.486 e. The van der Waals surface area contributed by atoms with E-state index in [0.29, 0.717) is 56.6 Å². The van der Waals surface area contributed by atoms with Crippen molar-refractivity contribution >= 4 is 23.2 Å². The Kier molecular flexibility index (Phi) is 4.82. The van der Waals surface area contributed by atoms with Crippen molar-refractivity contribution in [3.05, 3.63) is 48.5 Å². The molecule has 1 N–H and O–H groups in total. The minimum absolute atomic E-state index is 0.467. The number of carbonyl (C=O) groups excluding carboxylic acids is 2. The molecule has 4 rings (SSSR count). The van der Waals surface area contributed by atoms with Crippen molar-refractivity contribution in [1.29, 1.82) is 0 Å². The van der Waals surface area contributed by atoms with Gasteiger partial charge in [0.05, 0.1) is 0 Å². The first-order valence-corrected chi connectivity index (χ1v) is 9.00. The highest BCUT2D eigenvalue weighted by Gasteiger charge is 2.26. The van der Waals surface area contributed by atoms with Gasteiger partial charge in [-0.2, -0.15) is 0 Å². The number of fused-ring (bicyclic) bond motifs is 1. The highest BCUT2D eigenvalue weighted by molar-refractivity contribution is 6.39. The maximum atomic E-state index is 12.5. The third kappa shape index (κ3) is 3.81. The number of anilines is 2. The van der Waals surface area contributed by atoms with E-state index in [0.717, 1.165) is 5.69 Å². The van der Waals surface area contributed by atoms with E-state index < -0.39 is 11.8 Å². The van der Waals surface area contributed by atoms with Gasteiger partial charge in [-0.15, -0.1) is 0 Å². The van der Waals surface area contributed by atoms with Gasteiger partial charge in [0.25, 0.3) is 0 Å². The minimum atomic E-state index is -0.639. The number of amides is 2. The fourth-order valence-corrected chi connectivity index (χ4v) is 3.26. The average Bonchev–Trinajstić information content (AvgIpc) is 2.74. The Labute approximate surface area is 157 Å². The van der Waals surface area contributed by atoms with Gasteiger partial charge in [-0.3, -0.25) is 9.59 Å². The molecule has 7 heteroatoms. The average molecular weight is 367 g/mol. The monoisotopic (exact) mass is 367 g/mol. The maximum Gasteiger partial charge on any atom is 0.313 e. The lowest BCUT2D eigenvalue weighted by molar-refractivity contribution is -0.143. The summed E-state index contributed by atoms with van der Waals surface area (Å²) in [6.07, 6.45) is 0. The predicted molar refractivity (Wildman–Crippen MR) is 101 cm³/mol. The van der Waals surface area contributed by atoms with Crippen LogP contribution in [0, 0.1) is 0 Å². The fraction of sp³-hybridized carbons (Fsp3) is 0.300. The molecule has 0 atom stereocenters. The summed E-state index contributed by atoms with van der Waals surface area (Å²) in [5.74, 6) is 0.0584. The van der Waals surface area contributed by atoms with Crippen molar-refractivity contribution in [2.75, 3.05) is 49.6 Å². The highest BCUT2D eigenvalue weighted by atomic mass is 16.6. The minimum Gasteiger partial charge on any atom is -0.486 e. The SMILES string of the molecule is O=C(Nc1ccc2c(c1)OCCO2)C(=O)N1CCN(c2ccccc2)CC1. The normalized spacial score (nSPS) is 16.0. The van der Waals surface area contributed by atoms with Crippen molar-refractivity contribution in [3.8, 4) is 11.5 Å². The number of hydrogen-bond donors (Lipinski definition) is 1. The molecule has 0 spiro atoms. The molecule has 0 bridgehead atoms. The number of carbonyl (C=O) groups is 2. The molecule has 1 fully saturated rings. The lowest BCUT2D eigenvalue weighted by atomic mass is 10.2. The number of nitrogens with zero attached hydrogens (tertiary/aromatic N) is 2. The van der Waals surface area contributed by atoms with E-state index in [-0.39, 0.29) is 0 Å². The third-order valence-corrected chi connectivity index (χ3v) is 4.68. The van der Waals surface area contributed by atoms with E-state index >= 15 is 0 Å². The smallest absolute Gasteiger partial charge is 0.313 e. The van der Waals surface area contributed by atoms with Crippen LogP contribution in [-0.2, 0) is 9.59 Å². The lowest BCUT2D eigenvalue weighted by Gasteiger charge is -2.35. The highest BCUT2D eigenvalue weighted by Crippen LogP contribution is 2.32. The molecule has 2 heterocycles.